The largest absolute Gasteiger partial charge is 0.361 e. The first-order chi connectivity index (χ1) is 12.6. The van der Waals surface area contributed by atoms with Gasteiger partial charge in [0.15, 0.2) is 0 Å². The van der Waals surface area contributed by atoms with Gasteiger partial charge in [0.2, 0.25) is 0 Å². The number of H-pyrrole nitrogens is 1. The van der Waals surface area contributed by atoms with E-state index in [9.17, 15) is 4.79 Å². The molecule has 0 aliphatic rings. The molecule has 4 aromatic rings. The molecule has 130 valence electrons. The lowest BCUT2D eigenvalue weighted by Gasteiger charge is -2.27. The highest BCUT2D eigenvalue weighted by molar-refractivity contribution is 9.10. The van der Waals surface area contributed by atoms with Crippen molar-refractivity contribution in [2.24, 2.45) is 0 Å². The van der Waals surface area contributed by atoms with Gasteiger partial charge in [-0.2, -0.15) is 0 Å². The van der Waals surface area contributed by atoms with Crippen LogP contribution >= 0.6 is 27.3 Å². The van der Waals surface area contributed by atoms with Gasteiger partial charge in [-0.05, 0) is 41.8 Å². The van der Waals surface area contributed by atoms with Crippen molar-refractivity contribution < 1.29 is 4.79 Å². The zero-order chi connectivity index (χ0) is 18.1. The molecule has 2 aromatic carbocycles. The first-order valence-corrected chi connectivity index (χ1v) is 9.94. The van der Waals surface area contributed by atoms with E-state index in [-0.39, 0.29) is 11.9 Å². The molecular weight excluding hydrogens is 408 g/mol. The van der Waals surface area contributed by atoms with Crippen LogP contribution in [-0.4, -0.2) is 22.8 Å². The van der Waals surface area contributed by atoms with Gasteiger partial charge in [-0.3, -0.25) is 4.79 Å². The van der Waals surface area contributed by atoms with Crippen molar-refractivity contribution in [1.29, 1.82) is 0 Å². The summed E-state index contributed by atoms with van der Waals surface area (Å²) < 4.78 is 0.961. The van der Waals surface area contributed by atoms with Crippen molar-refractivity contribution in [3.8, 4) is 0 Å². The Bertz CT molecular complexity index is 1040. The van der Waals surface area contributed by atoms with E-state index in [1.165, 1.54) is 0 Å². The Morgan fingerprint density at radius 2 is 1.85 bits per heavy atom. The first kappa shape index (κ1) is 17.1. The molecule has 26 heavy (non-hydrogen) atoms. The summed E-state index contributed by atoms with van der Waals surface area (Å²) in [6.07, 6.45) is 2.01. The second-order valence-corrected chi connectivity index (χ2v) is 8.03. The summed E-state index contributed by atoms with van der Waals surface area (Å²) in [4.78, 5) is 19.4. The third-order valence-electron chi connectivity index (χ3n) is 4.53. The van der Waals surface area contributed by atoms with Gasteiger partial charge in [0.1, 0.15) is 0 Å². The predicted molar refractivity (Wildman–Crippen MR) is 111 cm³/mol. The normalized spacial score (nSPS) is 12.2. The fourth-order valence-electron chi connectivity index (χ4n) is 3.23. The van der Waals surface area contributed by atoms with Crippen molar-refractivity contribution >= 4 is 44.1 Å². The number of rotatable bonds is 4. The molecule has 0 radical (unpaired) electrons. The molecule has 0 bridgehead atoms. The lowest BCUT2D eigenvalue weighted by molar-refractivity contribution is 0.0758. The van der Waals surface area contributed by atoms with Crippen LogP contribution in [0.15, 0.2) is 76.7 Å². The van der Waals surface area contributed by atoms with Crippen LogP contribution in [0.2, 0.25) is 0 Å². The second-order valence-electron chi connectivity index (χ2n) is 6.13. The number of aromatic amines is 1. The molecule has 0 aliphatic heterocycles. The van der Waals surface area contributed by atoms with Crippen LogP contribution in [-0.2, 0) is 0 Å². The Balaban J connectivity index is 1.79. The zero-order valence-corrected chi connectivity index (χ0v) is 16.5. The maximum atomic E-state index is 13.1. The molecule has 3 nitrogen and oxygen atoms in total. The van der Waals surface area contributed by atoms with Crippen molar-refractivity contribution in [3.05, 3.63) is 92.7 Å². The highest BCUT2D eigenvalue weighted by Crippen LogP contribution is 2.36. The number of halogens is 1. The third-order valence-corrected chi connectivity index (χ3v) is 5.98. The number of hydrogen-bond donors (Lipinski definition) is 1. The maximum absolute atomic E-state index is 13.1. The Morgan fingerprint density at radius 1 is 1.08 bits per heavy atom. The molecule has 0 saturated heterocycles. The van der Waals surface area contributed by atoms with Crippen molar-refractivity contribution in [1.82, 2.24) is 9.88 Å². The van der Waals surface area contributed by atoms with Crippen LogP contribution in [0.3, 0.4) is 0 Å². The van der Waals surface area contributed by atoms with Gasteiger partial charge >= 0.3 is 0 Å². The summed E-state index contributed by atoms with van der Waals surface area (Å²) in [5, 5.41) is 3.19. The van der Waals surface area contributed by atoms with E-state index < -0.39 is 0 Å². The summed E-state index contributed by atoms with van der Waals surface area (Å²) >= 11 is 5.09. The van der Waals surface area contributed by atoms with Crippen LogP contribution in [0.4, 0.5) is 0 Å². The summed E-state index contributed by atoms with van der Waals surface area (Å²) in [5.41, 5.74) is 2.86. The molecular formula is C21H17BrN2OS. The highest BCUT2D eigenvalue weighted by atomic mass is 79.9. The number of hydrogen-bond acceptors (Lipinski definition) is 2. The summed E-state index contributed by atoms with van der Waals surface area (Å²) in [5.74, 6) is 0.00109. The van der Waals surface area contributed by atoms with E-state index in [0.29, 0.717) is 5.56 Å². The van der Waals surface area contributed by atoms with Crippen LogP contribution < -0.4 is 0 Å². The molecule has 0 unspecified atom stereocenters. The Kier molecular flexibility index (Phi) is 4.66. The lowest BCUT2D eigenvalue weighted by Crippen LogP contribution is -2.31. The quantitative estimate of drug-likeness (QED) is 0.437. The van der Waals surface area contributed by atoms with Gasteiger partial charge in [-0.15, -0.1) is 11.3 Å². The van der Waals surface area contributed by atoms with E-state index >= 15 is 0 Å². The fraction of sp³-hybridized carbons (Fsp3) is 0.0952. The number of amides is 1. The molecule has 0 fully saturated rings. The van der Waals surface area contributed by atoms with E-state index in [1.54, 1.807) is 11.3 Å². The number of fused-ring (bicyclic) bond motifs is 1. The number of aromatic nitrogens is 1. The summed E-state index contributed by atoms with van der Waals surface area (Å²) in [7, 11) is 1.87. The Hall–Kier alpha value is -2.37. The van der Waals surface area contributed by atoms with E-state index in [0.717, 1.165) is 25.8 Å². The minimum atomic E-state index is -0.137. The molecule has 1 amide bonds. The van der Waals surface area contributed by atoms with E-state index in [1.807, 2.05) is 60.6 Å². The number of para-hydroxylation sites is 1. The molecule has 4 rings (SSSR count). The SMILES string of the molecule is CN(C(=O)c1ccc(Br)cc1)[C@H](c1cccs1)c1c[nH]c2ccccc12. The second kappa shape index (κ2) is 7.09. The standard InChI is InChI=1S/C21H17BrN2OS/c1-24(21(25)14-8-10-15(22)11-9-14)20(19-7-4-12-26-19)17-13-23-18-6-3-2-5-16(17)18/h2-13,20,23H,1H3/t20-/m0/s1. The maximum Gasteiger partial charge on any atom is 0.254 e. The molecule has 0 aliphatic carbocycles. The van der Waals surface area contributed by atoms with Gasteiger partial charge in [0.25, 0.3) is 5.91 Å². The predicted octanol–water partition coefficient (Wildman–Crippen LogP) is 5.85. The number of carbonyl (C=O) groups excluding carboxylic acids is 1. The lowest BCUT2D eigenvalue weighted by atomic mass is 10.0. The van der Waals surface area contributed by atoms with E-state index in [4.69, 9.17) is 0 Å². The average molecular weight is 425 g/mol. The van der Waals surface area contributed by atoms with Gasteiger partial charge in [0.05, 0.1) is 6.04 Å². The van der Waals surface area contributed by atoms with Crippen LogP contribution in [0, 0.1) is 0 Å². The molecule has 1 atom stereocenters. The van der Waals surface area contributed by atoms with E-state index in [2.05, 4.69) is 44.5 Å². The molecule has 0 spiro atoms. The van der Waals surface area contributed by atoms with Gasteiger partial charge in [0, 0.05) is 44.6 Å². The Labute approximate surface area is 164 Å². The molecule has 2 aromatic heterocycles. The van der Waals surface area contributed by atoms with Crippen molar-refractivity contribution in [2.45, 2.75) is 6.04 Å². The molecule has 5 heteroatoms. The monoisotopic (exact) mass is 424 g/mol. The van der Waals surface area contributed by atoms with Crippen molar-refractivity contribution in [2.75, 3.05) is 7.05 Å². The van der Waals surface area contributed by atoms with Crippen LogP contribution in [0.5, 0.6) is 0 Å². The zero-order valence-electron chi connectivity index (χ0n) is 14.1. The molecule has 1 N–H and O–H groups in total. The summed E-state index contributed by atoms with van der Waals surface area (Å²) in [6.45, 7) is 0. The minimum Gasteiger partial charge on any atom is -0.361 e. The number of nitrogens with zero attached hydrogens (tertiary/aromatic N) is 1. The Morgan fingerprint density at radius 3 is 2.58 bits per heavy atom. The highest BCUT2D eigenvalue weighted by Gasteiger charge is 2.27. The number of benzene rings is 2. The van der Waals surface area contributed by atoms with Gasteiger partial charge in [-0.1, -0.05) is 40.2 Å². The van der Waals surface area contributed by atoms with Gasteiger partial charge < -0.3 is 9.88 Å². The van der Waals surface area contributed by atoms with Crippen LogP contribution in [0.1, 0.15) is 26.8 Å². The number of carbonyl (C=O) groups is 1. The van der Waals surface area contributed by atoms with Crippen molar-refractivity contribution in [3.63, 3.8) is 0 Å². The number of nitrogens with one attached hydrogen (secondary N) is 1. The number of thiophene rings is 1. The van der Waals surface area contributed by atoms with Crippen LogP contribution in [0.25, 0.3) is 10.9 Å². The van der Waals surface area contributed by atoms with Gasteiger partial charge in [-0.25, -0.2) is 0 Å². The molecule has 2 heterocycles. The topological polar surface area (TPSA) is 36.1 Å². The third kappa shape index (κ3) is 3.08. The smallest absolute Gasteiger partial charge is 0.254 e. The first-order valence-electron chi connectivity index (χ1n) is 8.27. The summed E-state index contributed by atoms with van der Waals surface area (Å²) in [6, 6.07) is 19.7. The molecule has 0 saturated carbocycles. The minimum absolute atomic E-state index is 0.00109. The fourth-order valence-corrected chi connectivity index (χ4v) is 4.38. The average Bonchev–Trinajstić information content (AvgIpc) is 3.33.